The van der Waals surface area contributed by atoms with Gasteiger partial charge in [0.15, 0.2) is 0 Å². The average Bonchev–Trinajstić information content (AvgIpc) is 3.24. The quantitative estimate of drug-likeness (QED) is 0.845. The third kappa shape index (κ3) is 3.82. The second kappa shape index (κ2) is 7.27. The van der Waals surface area contributed by atoms with Crippen LogP contribution in [0.4, 0.5) is 0 Å². The molecule has 1 aliphatic rings. The topological polar surface area (TPSA) is 41.4 Å². The van der Waals surface area contributed by atoms with Crippen molar-refractivity contribution in [3.8, 4) is 0 Å². The van der Waals surface area contributed by atoms with Gasteiger partial charge in [-0.25, -0.2) is 4.98 Å². The highest BCUT2D eigenvalue weighted by atomic mass is 32.1. The van der Waals surface area contributed by atoms with Crippen LogP contribution in [-0.2, 0) is 6.54 Å². The summed E-state index contributed by atoms with van der Waals surface area (Å²) in [7, 11) is 0. The number of hydrogen-bond donors (Lipinski definition) is 0. The molecule has 0 aliphatic carbocycles. The van der Waals surface area contributed by atoms with Crippen LogP contribution in [-0.4, -0.2) is 58.0 Å². The molecule has 0 saturated carbocycles. The Balaban J connectivity index is 1.48. The molecule has 0 atom stereocenters. The fourth-order valence-corrected chi connectivity index (χ4v) is 3.68. The van der Waals surface area contributed by atoms with Crippen molar-refractivity contribution in [3.05, 3.63) is 40.6 Å². The van der Waals surface area contributed by atoms with E-state index in [0.717, 1.165) is 50.0 Å². The molecule has 1 fully saturated rings. The van der Waals surface area contributed by atoms with E-state index in [2.05, 4.69) is 34.5 Å². The number of aromatic nitrogens is 2. The van der Waals surface area contributed by atoms with Crippen LogP contribution >= 0.6 is 11.3 Å². The number of carbonyl (C=O) groups is 1. The molecule has 0 spiro atoms. The van der Waals surface area contributed by atoms with E-state index in [9.17, 15) is 4.79 Å². The first-order chi connectivity index (χ1) is 11.1. The van der Waals surface area contributed by atoms with E-state index >= 15 is 0 Å². The normalized spacial score (nSPS) is 16.2. The maximum atomic E-state index is 12.3. The van der Waals surface area contributed by atoms with Crippen molar-refractivity contribution in [2.75, 3.05) is 32.7 Å². The lowest BCUT2D eigenvalue weighted by Crippen LogP contribution is -2.49. The lowest BCUT2D eigenvalue weighted by atomic mass is 10.2. The van der Waals surface area contributed by atoms with Gasteiger partial charge in [0.2, 0.25) is 0 Å². The van der Waals surface area contributed by atoms with Crippen molar-refractivity contribution in [2.45, 2.75) is 26.3 Å². The number of rotatable bonds is 5. The predicted molar refractivity (Wildman–Crippen MR) is 93.0 cm³/mol. The average molecular weight is 332 g/mol. The van der Waals surface area contributed by atoms with E-state index in [1.165, 1.54) is 11.3 Å². The fraction of sp³-hybridized carbons (Fsp3) is 0.529. The van der Waals surface area contributed by atoms with Gasteiger partial charge in [0.1, 0.15) is 5.82 Å². The number of piperazine rings is 1. The van der Waals surface area contributed by atoms with Crippen LogP contribution in [0.15, 0.2) is 29.9 Å². The molecular weight excluding hydrogens is 308 g/mol. The van der Waals surface area contributed by atoms with Gasteiger partial charge in [0.25, 0.3) is 5.91 Å². The van der Waals surface area contributed by atoms with Gasteiger partial charge < -0.3 is 9.47 Å². The number of hydrogen-bond acceptors (Lipinski definition) is 4. The molecule has 0 unspecified atom stereocenters. The van der Waals surface area contributed by atoms with Crippen LogP contribution in [0.5, 0.6) is 0 Å². The minimum atomic E-state index is 0.177. The molecule has 124 valence electrons. The van der Waals surface area contributed by atoms with Crippen LogP contribution in [0.3, 0.4) is 0 Å². The van der Waals surface area contributed by atoms with Gasteiger partial charge >= 0.3 is 0 Å². The van der Waals surface area contributed by atoms with Gasteiger partial charge in [-0.3, -0.25) is 9.69 Å². The van der Waals surface area contributed by atoms with E-state index < -0.39 is 0 Å². The summed E-state index contributed by atoms with van der Waals surface area (Å²) in [4.78, 5) is 22.0. The lowest BCUT2D eigenvalue weighted by molar-refractivity contribution is 0.0637. The van der Waals surface area contributed by atoms with Crippen LogP contribution in [0.25, 0.3) is 0 Å². The first-order valence-corrected chi connectivity index (χ1v) is 9.09. The molecule has 1 saturated heterocycles. The fourth-order valence-electron chi connectivity index (χ4n) is 2.99. The lowest BCUT2D eigenvalue weighted by Gasteiger charge is -2.34. The first kappa shape index (κ1) is 16.2. The molecule has 1 aliphatic heterocycles. The number of imidazole rings is 1. The highest BCUT2D eigenvalue weighted by molar-refractivity contribution is 7.12. The highest BCUT2D eigenvalue weighted by Crippen LogP contribution is 2.15. The molecule has 0 N–H and O–H groups in total. The summed E-state index contributed by atoms with van der Waals surface area (Å²) in [5, 5.41) is 1.96. The Bertz CT molecular complexity index is 627. The number of nitrogens with zero attached hydrogens (tertiary/aromatic N) is 4. The van der Waals surface area contributed by atoms with E-state index in [-0.39, 0.29) is 5.91 Å². The van der Waals surface area contributed by atoms with Gasteiger partial charge in [0.05, 0.1) is 4.88 Å². The van der Waals surface area contributed by atoms with Crippen LogP contribution in [0.2, 0.25) is 0 Å². The third-order valence-electron chi connectivity index (χ3n) is 4.31. The largest absolute Gasteiger partial charge is 0.335 e. The third-order valence-corrected chi connectivity index (χ3v) is 5.17. The first-order valence-electron chi connectivity index (χ1n) is 8.21. The van der Waals surface area contributed by atoms with Crippen LogP contribution < -0.4 is 0 Å². The van der Waals surface area contributed by atoms with Gasteiger partial charge in [0, 0.05) is 57.6 Å². The Morgan fingerprint density at radius 1 is 1.26 bits per heavy atom. The highest BCUT2D eigenvalue weighted by Gasteiger charge is 2.22. The van der Waals surface area contributed by atoms with Crippen molar-refractivity contribution in [2.24, 2.45) is 0 Å². The smallest absolute Gasteiger partial charge is 0.264 e. The Morgan fingerprint density at radius 3 is 2.70 bits per heavy atom. The zero-order chi connectivity index (χ0) is 16.2. The Hall–Kier alpha value is -1.66. The zero-order valence-electron chi connectivity index (χ0n) is 13.8. The predicted octanol–water partition coefficient (Wildman–Crippen LogP) is 2.53. The zero-order valence-corrected chi connectivity index (χ0v) is 14.6. The molecular formula is C17H24N4OS. The maximum absolute atomic E-state index is 12.3. The summed E-state index contributed by atoms with van der Waals surface area (Å²) >= 11 is 1.52. The summed E-state index contributed by atoms with van der Waals surface area (Å²) in [6, 6.07) is 3.84. The number of carbonyl (C=O) groups excluding carboxylic acids is 1. The Morgan fingerprint density at radius 2 is 2.04 bits per heavy atom. The summed E-state index contributed by atoms with van der Waals surface area (Å²) in [6.07, 6.45) is 3.94. The second-order valence-electron chi connectivity index (χ2n) is 6.24. The van der Waals surface area contributed by atoms with Crippen molar-refractivity contribution >= 4 is 17.2 Å². The molecule has 1 amide bonds. The molecule has 6 heteroatoms. The van der Waals surface area contributed by atoms with Crippen molar-refractivity contribution in [1.29, 1.82) is 0 Å². The minimum Gasteiger partial charge on any atom is -0.335 e. The summed E-state index contributed by atoms with van der Waals surface area (Å²) in [5.41, 5.74) is 0. The van der Waals surface area contributed by atoms with Gasteiger partial charge in [-0.1, -0.05) is 19.9 Å². The van der Waals surface area contributed by atoms with Crippen LogP contribution in [0, 0.1) is 0 Å². The molecule has 0 aromatic carbocycles. The SMILES string of the molecule is CC(C)c1nccn1CCN1CCN(C(=O)c2cccs2)CC1. The molecule has 0 radical (unpaired) electrons. The van der Waals surface area contributed by atoms with Crippen molar-refractivity contribution < 1.29 is 4.79 Å². The van der Waals surface area contributed by atoms with E-state index in [1.54, 1.807) is 0 Å². The molecule has 5 nitrogen and oxygen atoms in total. The number of amides is 1. The molecule has 2 aromatic heterocycles. The van der Waals surface area contributed by atoms with E-state index in [1.807, 2.05) is 28.6 Å². The van der Waals surface area contributed by atoms with Gasteiger partial charge in [-0.2, -0.15) is 0 Å². The monoisotopic (exact) mass is 332 g/mol. The number of thiophene rings is 1. The molecule has 23 heavy (non-hydrogen) atoms. The Labute approximate surface area is 141 Å². The summed E-state index contributed by atoms with van der Waals surface area (Å²) in [5.74, 6) is 1.78. The van der Waals surface area contributed by atoms with E-state index in [4.69, 9.17) is 0 Å². The summed E-state index contributed by atoms with van der Waals surface area (Å²) < 4.78 is 2.24. The second-order valence-corrected chi connectivity index (χ2v) is 7.19. The molecule has 2 aromatic rings. The van der Waals surface area contributed by atoms with Crippen molar-refractivity contribution in [3.63, 3.8) is 0 Å². The van der Waals surface area contributed by atoms with Gasteiger partial charge in [-0.05, 0) is 11.4 Å². The van der Waals surface area contributed by atoms with Crippen LogP contribution in [0.1, 0.15) is 35.3 Å². The summed E-state index contributed by atoms with van der Waals surface area (Å²) in [6.45, 7) is 9.85. The van der Waals surface area contributed by atoms with E-state index in [0.29, 0.717) is 5.92 Å². The Kier molecular flexibility index (Phi) is 5.13. The molecule has 0 bridgehead atoms. The maximum Gasteiger partial charge on any atom is 0.264 e. The minimum absolute atomic E-state index is 0.177. The van der Waals surface area contributed by atoms with Gasteiger partial charge in [-0.15, -0.1) is 11.3 Å². The standard InChI is InChI=1S/C17H24N4OS/c1-14(2)16-18-5-6-20(16)10-7-19-8-11-21(12-9-19)17(22)15-4-3-13-23-15/h3-6,13-14H,7-12H2,1-2H3. The van der Waals surface area contributed by atoms with Crippen molar-refractivity contribution in [1.82, 2.24) is 19.4 Å². The molecule has 3 heterocycles. The molecule has 3 rings (SSSR count).